The lowest BCUT2D eigenvalue weighted by molar-refractivity contribution is -0.150. The number of hydrogen-bond donors (Lipinski definition) is 1. The van der Waals surface area contributed by atoms with Crippen molar-refractivity contribution in [1.29, 1.82) is 0 Å². The second-order valence-corrected chi connectivity index (χ2v) is 4.49. The summed E-state index contributed by atoms with van der Waals surface area (Å²) in [5.41, 5.74) is 5.38. The van der Waals surface area contributed by atoms with E-state index in [1.807, 2.05) is 0 Å². The van der Waals surface area contributed by atoms with Gasteiger partial charge in [-0.25, -0.2) is 9.78 Å². The molecule has 1 aromatic rings. The Morgan fingerprint density at radius 2 is 2.26 bits per heavy atom. The highest BCUT2D eigenvalue weighted by Crippen LogP contribution is 2.55. The number of hydrogen-bond acceptors (Lipinski definition) is 4. The van der Waals surface area contributed by atoms with E-state index in [0.717, 1.165) is 4.57 Å². The SMILES string of the molecule is CCOC(=O)c1nc(Cl)n([C@@H]2C[C@H]2C(F)(F)F)c1N. The van der Waals surface area contributed by atoms with Gasteiger partial charge in [0.05, 0.1) is 18.6 Å². The monoisotopic (exact) mass is 297 g/mol. The predicted octanol–water partition coefficient (Wildman–Crippen LogP) is 2.42. The van der Waals surface area contributed by atoms with Gasteiger partial charge in [0.15, 0.2) is 5.69 Å². The number of halogens is 4. The summed E-state index contributed by atoms with van der Waals surface area (Å²) in [6.07, 6.45) is -4.43. The van der Waals surface area contributed by atoms with E-state index in [9.17, 15) is 18.0 Å². The molecule has 2 rings (SSSR count). The van der Waals surface area contributed by atoms with Crippen molar-refractivity contribution in [2.75, 3.05) is 12.3 Å². The van der Waals surface area contributed by atoms with E-state index in [1.165, 1.54) is 0 Å². The lowest BCUT2D eigenvalue weighted by atomic mass is 10.4. The molecular weight excluding hydrogens is 287 g/mol. The van der Waals surface area contributed by atoms with Gasteiger partial charge in [-0.2, -0.15) is 13.2 Å². The van der Waals surface area contributed by atoms with Gasteiger partial charge in [-0.05, 0) is 24.9 Å². The molecule has 1 fully saturated rings. The van der Waals surface area contributed by atoms with Gasteiger partial charge in [-0.1, -0.05) is 0 Å². The number of rotatable bonds is 3. The van der Waals surface area contributed by atoms with Crippen molar-refractivity contribution in [3.8, 4) is 0 Å². The fraction of sp³-hybridized carbons (Fsp3) is 0.600. The minimum atomic E-state index is -4.31. The number of nitrogen functional groups attached to an aromatic ring is 1. The van der Waals surface area contributed by atoms with E-state index >= 15 is 0 Å². The van der Waals surface area contributed by atoms with Crippen LogP contribution < -0.4 is 5.73 Å². The van der Waals surface area contributed by atoms with E-state index in [-0.39, 0.29) is 29.8 Å². The molecule has 0 aromatic carbocycles. The summed E-state index contributed by atoms with van der Waals surface area (Å²) in [5.74, 6) is -2.50. The Balaban J connectivity index is 2.27. The molecule has 1 aliphatic carbocycles. The maximum atomic E-state index is 12.5. The largest absolute Gasteiger partial charge is 0.461 e. The smallest absolute Gasteiger partial charge is 0.393 e. The summed E-state index contributed by atoms with van der Waals surface area (Å²) in [6.45, 7) is 1.70. The van der Waals surface area contributed by atoms with Gasteiger partial charge in [0.25, 0.3) is 0 Å². The number of esters is 1. The third-order valence-corrected chi connectivity index (χ3v) is 3.15. The average Bonchev–Trinajstić information content (AvgIpc) is 3.01. The Hall–Kier alpha value is -1.44. The van der Waals surface area contributed by atoms with E-state index < -0.39 is 24.1 Å². The van der Waals surface area contributed by atoms with Crippen LogP contribution in [0, 0.1) is 5.92 Å². The Kier molecular flexibility index (Phi) is 3.38. The van der Waals surface area contributed by atoms with Crippen molar-refractivity contribution in [3.05, 3.63) is 11.0 Å². The molecule has 1 saturated carbocycles. The minimum absolute atomic E-state index is 0.108. The van der Waals surface area contributed by atoms with Crippen LogP contribution in [0.5, 0.6) is 0 Å². The van der Waals surface area contributed by atoms with E-state index in [2.05, 4.69) is 4.98 Å². The van der Waals surface area contributed by atoms with E-state index in [4.69, 9.17) is 22.1 Å². The van der Waals surface area contributed by atoms with Gasteiger partial charge in [-0.15, -0.1) is 0 Å². The lowest BCUT2D eigenvalue weighted by Crippen LogP contribution is -2.15. The van der Waals surface area contributed by atoms with Crippen molar-refractivity contribution < 1.29 is 22.7 Å². The van der Waals surface area contributed by atoms with Crippen molar-refractivity contribution in [3.63, 3.8) is 0 Å². The Morgan fingerprint density at radius 1 is 1.63 bits per heavy atom. The first-order valence-corrected chi connectivity index (χ1v) is 5.92. The lowest BCUT2D eigenvalue weighted by Gasteiger charge is -2.08. The number of nitrogens with two attached hydrogens (primary N) is 1. The first-order valence-electron chi connectivity index (χ1n) is 5.54. The summed E-state index contributed by atoms with van der Waals surface area (Å²) in [5, 5.41) is -0.239. The van der Waals surface area contributed by atoms with Gasteiger partial charge in [-0.3, -0.25) is 4.57 Å². The zero-order valence-corrected chi connectivity index (χ0v) is 10.6. The fourth-order valence-corrected chi connectivity index (χ4v) is 2.20. The summed E-state index contributed by atoms with van der Waals surface area (Å²) in [4.78, 5) is 15.2. The van der Waals surface area contributed by atoms with Gasteiger partial charge < -0.3 is 10.5 Å². The Labute approximate surface area is 111 Å². The number of nitrogens with zero attached hydrogens (tertiary/aromatic N) is 2. The predicted molar refractivity (Wildman–Crippen MR) is 60.8 cm³/mol. The number of carbonyl (C=O) groups is 1. The maximum Gasteiger partial charge on any atom is 0.393 e. The summed E-state index contributed by atoms with van der Waals surface area (Å²) >= 11 is 5.74. The number of anilines is 1. The van der Waals surface area contributed by atoms with Crippen LogP contribution >= 0.6 is 11.6 Å². The van der Waals surface area contributed by atoms with Crippen LogP contribution in [-0.2, 0) is 4.74 Å². The highest BCUT2D eigenvalue weighted by Gasteiger charge is 2.57. The molecule has 2 N–H and O–H groups in total. The maximum absolute atomic E-state index is 12.5. The van der Waals surface area contributed by atoms with Crippen molar-refractivity contribution >= 4 is 23.4 Å². The second kappa shape index (κ2) is 4.59. The van der Waals surface area contributed by atoms with Gasteiger partial charge >= 0.3 is 12.1 Å². The number of ether oxygens (including phenoxy) is 1. The van der Waals surface area contributed by atoms with Crippen LogP contribution in [0.3, 0.4) is 0 Å². The number of carbonyl (C=O) groups excluding carboxylic acids is 1. The molecule has 5 nitrogen and oxygen atoms in total. The number of imidazole rings is 1. The van der Waals surface area contributed by atoms with Crippen molar-refractivity contribution in [1.82, 2.24) is 9.55 Å². The highest BCUT2D eigenvalue weighted by atomic mass is 35.5. The third-order valence-electron chi connectivity index (χ3n) is 2.88. The topological polar surface area (TPSA) is 70.1 Å². The number of alkyl halides is 3. The standard InChI is InChI=1S/C10H11ClF3N3O2/c1-2-19-8(18)6-7(15)17(9(11)16-6)5-3-4(5)10(12,13)14/h4-5H,2-3,15H2,1H3/t4-,5-/m1/s1. The first kappa shape index (κ1) is 14.0. The third kappa shape index (κ3) is 2.49. The number of aromatic nitrogens is 2. The summed E-state index contributed by atoms with van der Waals surface area (Å²) in [6, 6.07) is -0.900. The molecule has 0 aliphatic heterocycles. The molecule has 9 heteroatoms. The van der Waals surface area contributed by atoms with Crippen LogP contribution in [-0.4, -0.2) is 28.3 Å². The Bertz CT molecular complexity index is 515. The van der Waals surface area contributed by atoms with Crippen LogP contribution in [0.1, 0.15) is 29.9 Å². The summed E-state index contributed by atoms with van der Waals surface area (Å²) in [7, 11) is 0. The Morgan fingerprint density at radius 3 is 2.74 bits per heavy atom. The molecular formula is C10H11ClF3N3O2. The molecule has 0 amide bonds. The van der Waals surface area contributed by atoms with Crippen LogP contribution in [0.25, 0.3) is 0 Å². The minimum Gasteiger partial charge on any atom is -0.461 e. The van der Waals surface area contributed by atoms with Gasteiger partial charge in [0.1, 0.15) is 5.82 Å². The zero-order chi connectivity index (χ0) is 14.4. The van der Waals surface area contributed by atoms with Crippen LogP contribution in [0.2, 0.25) is 5.28 Å². The van der Waals surface area contributed by atoms with Gasteiger partial charge in [0, 0.05) is 0 Å². The zero-order valence-electron chi connectivity index (χ0n) is 9.87. The molecule has 0 bridgehead atoms. The molecule has 0 unspecified atom stereocenters. The average molecular weight is 298 g/mol. The second-order valence-electron chi connectivity index (χ2n) is 4.16. The molecule has 2 atom stereocenters. The molecule has 1 heterocycles. The summed E-state index contributed by atoms with van der Waals surface area (Å²) < 4.78 is 43.3. The van der Waals surface area contributed by atoms with Crippen molar-refractivity contribution in [2.45, 2.75) is 25.6 Å². The highest BCUT2D eigenvalue weighted by molar-refractivity contribution is 6.29. The molecule has 1 aromatic heterocycles. The fourth-order valence-electron chi connectivity index (χ4n) is 1.90. The van der Waals surface area contributed by atoms with E-state index in [0.29, 0.717) is 0 Å². The molecule has 1 aliphatic rings. The van der Waals surface area contributed by atoms with Gasteiger partial charge in [0.2, 0.25) is 5.28 Å². The molecule has 106 valence electrons. The molecule has 19 heavy (non-hydrogen) atoms. The molecule has 0 radical (unpaired) electrons. The normalized spacial score (nSPS) is 22.4. The van der Waals surface area contributed by atoms with Crippen LogP contribution in [0.15, 0.2) is 0 Å². The molecule has 0 spiro atoms. The van der Waals surface area contributed by atoms with E-state index in [1.54, 1.807) is 6.92 Å². The quantitative estimate of drug-likeness (QED) is 0.870. The molecule has 0 saturated heterocycles. The van der Waals surface area contributed by atoms with Crippen LogP contribution in [0.4, 0.5) is 19.0 Å². The van der Waals surface area contributed by atoms with Crippen molar-refractivity contribution in [2.24, 2.45) is 5.92 Å². The first-order chi connectivity index (χ1) is 8.77.